The Labute approximate surface area is 162 Å². The highest BCUT2D eigenvalue weighted by Gasteiger charge is 2.32. The molecule has 1 atom stereocenters. The van der Waals surface area contributed by atoms with Crippen LogP contribution in [-0.4, -0.2) is 31.6 Å². The minimum atomic E-state index is -0.329. The van der Waals surface area contributed by atoms with E-state index in [1.165, 1.54) is 21.1 Å². The number of anilines is 1. The van der Waals surface area contributed by atoms with Crippen LogP contribution in [0.4, 0.5) is 5.00 Å². The predicted octanol–water partition coefficient (Wildman–Crippen LogP) is 2.91. The van der Waals surface area contributed by atoms with Gasteiger partial charge in [0.05, 0.1) is 23.6 Å². The van der Waals surface area contributed by atoms with Crippen molar-refractivity contribution in [3.8, 4) is 0 Å². The number of amides is 1. The van der Waals surface area contributed by atoms with Crippen molar-refractivity contribution in [2.45, 2.75) is 39.2 Å². The zero-order valence-corrected chi connectivity index (χ0v) is 16.8. The summed E-state index contributed by atoms with van der Waals surface area (Å²) < 4.78 is 5.21. The number of hydrogen-bond acceptors (Lipinski definition) is 5. The Morgan fingerprint density at radius 1 is 1.31 bits per heavy atom. The smallest absolute Gasteiger partial charge is 0.341 e. The summed E-state index contributed by atoms with van der Waals surface area (Å²) >= 11 is 3.14. The molecule has 5 nitrogen and oxygen atoms in total. The lowest BCUT2D eigenvalue weighted by Gasteiger charge is -2.16. The van der Waals surface area contributed by atoms with Gasteiger partial charge in [-0.25, -0.2) is 4.79 Å². The van der Waals surface area contributed by atoms with Crippen molar-refractivity contribution in [3.05, 3.63) is 38.9 Å². The van der Waals surface area contributed by atoms with Gasteiger partial charge >= 0.3 is 5.97 Å². The van der Waals surface area contributed by atoms with Gasteiger partial charge in [-0.05, 0) is 55.0 Å². The van der Waals surface area contributed by atoms with Gasteiger partial charge in [0, 0.05) is 0 Å². The van der Waals surface area contributed by atoms with E-state index in [-0.39, 0.29) is 11.9 Å². The molecular formula is C19H25N2O3S2+. The van der Waals surface area contributed by atoms with Gasteiger partial charge in [-0.1, -0.05) is 6.07 Å². The lowest BCUT2D eigenvalue weighted by atomic mass is 10.1. The van der Waals surface area contributed by atoms with E-state index < -0.39 is 0 Å². The molecule has 1 fully saturated rings. The second-order valence-corrected chi connectivity index (χ2v) is 8.39. The Hall–Kier alpha value is -1.70. The molecule has 3 rings (SSSR count). The minimum absolute atomic E-state index is 0.0619. The van der Waals surface area contributed by atoms with Crippen LogP contribution in [0.2, 0.25) is 0 Å². The van der Waals surface area contributed by atoms with Gasteiger partial charge in [0.2, 0.25) is 0 Å². The summed E-state index contributed by atoms with van der Waals surface area (Å²) in [4.78, 5) is 27.4. The van der Waals surface area contributed by atoms with Gasteiger partial charge in [-0.15, -0.1) is 22.7 Å². The molecule has 2 aromatic rings. The fraction of sp³-hybridized carbons (Fsp3) is 0.474. The Balaban J connectivity index is 1.67. The molecule has 1 aliphatic carbocycles. The third kappa shape index (κ3) is 4.72. The highest BCUT2D eigenvalue weighted by atomic mass is 32.1. The van der Waals surface area contributed by atoms with E-state index >= 15 is 0 Å². The molecule has 26 heavy (non-hydrogen) atoms. The molecule has 2 N–H and O–H groups in total. The number of esters is 1. The lowest BCUT2D eigenvalue weighted by Crippen LogP contribution is -3.11. The zero-order chi connectivity index (χ0) is 18.5. The largest absolute Gasteiger partial charge is 0.462 e. The number of nitrogens with one attached hydrogen (secondary N) is 2. The molecule has 1 saturated carbocycles. The molecule has 7 heteroatoms. The van der Waals surface area contributed by atoms with E-state index in [9.17, 15) is 9.59 Å². The summed E-state index contributed by atoms with van der Waals surface area (Å²) in [6, 6.07) is 4.13. The highest BCUT2D eigenvalue weighted by molar-refractivity contribution is 7.15. The van der Waals surface area contributed by atoms with Crippen LogP contribution in [0.15, 0.2) is 22.9 Å². The summed E-state index contributed by atoms with van der Waals surface area (Å²) in [5.41, 5.74) is 1.59. The van der Waals surface area contributed by atoms with Crippen LogP contribution in [-0.2, 0) is 16.1 Å². The van der Waals surface area contributed by atoms with Crippen molar-refractivity contribution in [2.24, 2.45) is 0 Å². The van der Waals surface area contributed by atoms with Crippen molar-refractivity contribution in [1.82, 2.24) is 0 Å². The Bertz CT molecular complexity index is 751. The summed E-state index contributed by atoms with van der Waals surface area (Å²) in [6.07, 6.45) is 2.20. The van der Waals surface area contributed by atoms with E-state index in [4.69, 9.17) is 4.74 Å². The zero-order valence-electron chi connectivity index (χ0n) is 15.2. The van der Waals surface area contributed by atoms with Crippen molar-refractivity contribution in [3.63, 3.8) is 0 Å². The van der Waals surface area contributed by atoms with Crippen LogP contribution in [0.5, 0.6) is 0 Å². The highest BCUT2D eigenvalue weighted by Crippen LogP contribution is 2.46. The number of ether oxygens (including phenoxy) is 1. The SMILES string of the molecule is CCOC(=O)c1c(C2CC2)csc1NC(=O)C[NH+](CC)Cc1cccs1. The topological polar surface area (TPSA) is 59.8 Å². The van der Waals surface area contributed by atoms with Crippen molar-refractivity contribution >= 4 is 39.6 Å². The second-order valence-electron chi connectivity index (χ2n) is 6.47. The third-order valence-electron chi connectivity index (χ3n) is 4.48. The summed E-state index contributed by atoms with van der Waals surface area (Å²) in [5, 5.41) is 7.64. The molecule has 0 aliphatic heterocycles. The average Bonchev–Trinajstić information content (AvgIpc) is 3.17. The van der Waals surface area contributed by atoms with E-state index in [1.807, 2.05) is 11.4 Å². The molecule has 140 valence electrons. The summed E-state index contributed by atoms with van der Waals surface area (Å²) in [7, 11) is 0. The fourth-order valence-electron chi connectivity index (χ4n) is 2.94. The Morgan fingerprint density at radius 3 is 2.73 bits per heavy atom. The fourth-order valence-corrected chi connectivity index (χ4v) is 4.77. The van der Waals surface area contributed by atoms with Gasteiger partial charge in [0.15, 0.2) is 6.54 Å². The number of rotatable bonds is 9. The molecule has 0 radical (unpaired) electrons. The van der Waals surface area contributed by atoms with Crippen LogP contribution in [0.25, 0.3) is 0 Å². The molecule has 1 amide bonds. The van der Waals surface area contributed by atoms with E-state index in [2.05, 4.69) is 23.7 Å². The van der Waals surface area contributed by atoms with Crippen LogP contribution < -0.4 is 10.2 Å². The maximum Gasteiger partial charge on any atom is 0.341 e. The molecule has 0 aromatic carbocycles. The quantitative estimate of drug-likeness (QED) is 0.644. The molecule has 0 bridgehead atoms. The molecule has 0 spiro atoms. The molecule has 1 unspecified atom stereocenters. The first kappa shape index (κ1) is 19.1. The van der Waals surface area contributed by atoms with Crippen molar-refractivity contribution < 1.29 is 19.2 Å². The van der Waals surface area contributed by atoms with Gasteiger partial charge < -0.3 is 15.0 Å². The number of carbonyl (C=O) groups excluding carboxylic acids is 2. The van der Waals surface area contributed by atoms with Gasteiger partial charge in [0.25, 0.3) is 5.91 Å². The molecule has 2 aromatic heterocycles. The monoisotopic (exact) mass is 393 g/mol. The number of likely N-dealkylation sites (N-methyl/N-ethyl adjacent to an activating group) is 1. The molecule has 2 heterocycles. The van der Waals surface area contributed by atoms with Gasteiger partial charge in [-0.3, -0.25) is 4.79 Å². The van der Waals surface area contributed by atoms with Crippen LogP contribution >= 0.6 is 22.7 Å². The Kier molecular flexibility index (Phi) is 6.45. The van der Waals surface area contributed by atoms with Crippen LogP contribution in [0.1, 0.15) is 53.4 Å². The first-order chi connectivity index (χ1) is 12.6. The standard InChI is InChI=1S/C19H24N2O3S2/c1-3-21(10-14-6-5-9-25-14)11-16(22)20-18-17(19(23)24-4-2)15(12-26-18)13-7-8-13/h5-6,9,12-13H,3-4,7-8,10-11H2,1-2H3,(H,20,22)/p+1. The predicted molar refractivity (Wildman–Crippen MR) is 105 cm³/mol. The lowest BCUT2D eigenvalue weighted by molar-refractivity contribution is -0.903. The van der Waals surface area contributed by atoms with Gasteiger partial charge in [-0.2, -0.15) is 0 Å². The Morgan fingerprint density at radius 2 is 2.12 bits per heavy atom. The molecular weight excluding hydrogens is 368 g/mol. The first-order valence-electron chi connectivity index (χ1n) is 9.06. The number of quaternary nitrogens is 1. The average molecular weight is 394 g/mol. The third-order valence-corrected chi connectivity index (χ3v) is 6.27. The van der Waals surface area contributed by atoms with Crippen molar-refractivity contribution in [1.29, 1.82) is 0 Å². The van der Waals surface area contributed by atoms with E-state index in [1.54, 1.807) is 18.3 Å². The summed E-state index contributed by atoms with van der Waals surface area (Å²) in [6.45, 7) is 6.30. The maximum atomic E-state index is 12.6. The van der Waals surface area contributed by atoms with E-state index in [0.717, 1.165) is 31.5 Å². The normalized spacial score (nSPS) is 14.8. The molecule has 1 aliphatic rings. The van der Waals surface area contributed by atoms with Crippen molar-refractivity contribution in [2.75, 3.05) is 25.0 Å². The van der Waals surface area contributed by atoms with Gasteiger partial charge in [0.1, 0.15) is 11.5 Å². The van der Waals surface area contributed by atoms with Crippen LogP contribution in [0.3, 0.4) is 0 Å². The number of hydrogen-bond donors (Lipinski definition) is 2. The minimum Gasteiger partial charge on any atom is -0.462 e. The number of carbonyl (C=O) groups is 2. The van der Waals surface area contributed by atoms with Crippen LogP contribution in [0, 0.1) is 0 Å². The second kappa shape index (κ2) is 8.79. The molecule has 0 saturated heterocycles. The maximum absolute atomic E-state index is 12.6. The first-order valence-corrected chi connectivity index (χ1v) is 10.8. The number of thiophene rings is 2. The van der Waals surface area contributed by atoms with E-state index in [0.29, 0.717) is 29.6 Å². The summed E-state index contributed by atoms with van der Waals surface area (Å²) in [5.74, 6) is 0.0466.